The summed E-state index contributed by atoms with van der Waals surface area (Å²) >= 11 is 0. The van der Waals surface area contributed by atoms with Crippen molar-refractivity contribution in [3.05, 3.63) is 52.1 Å². The summed E-state index contributed by atoms with van der Waals surface area (Å²) in [7, 11) is 0. The van der Waals surface area contributed by atoms with Gasteiger partial charge in [0.25, 0.3) is 11.8 Å². The number of likely N-dealkylation sites (N-methyl/N-ethyl adjacent to an activating group) is 1. The highest BCUT2D eigenvalue weighted by molar-refractivity contribution is 6.42. The van der Waals surface area contributed by atoms with Crippen LogP contribution >= 0.6 is 0 Å². The molecule has 3 amide bonds. The molecule has 2 heterocycles. The highest BCUT2D eigenvalue weighted by Gasteiger charge is 2.40. The molecule has 0 spiro atoms. The quantitative estimate of drug-likeness (QED) is 0.375. The van der Waals surface area contributed by atoms with E-state index in [2.05, 4.69) is 29.0 Å². The van der Waals surface area contributed by atoms with E-state index in [0.29, 0.717) is 35.3 Å². The standard InChI is InChI=1S/C28H35FN4O4/c1-7-32(8-2)12-11-30-26(35)25-18(5)23(31-19(25)6)14-22-21-13-20(29)9-10-24(21)33(28(22)37)27(36)17(4)16(3)15-34/h9-10,13-17,31H,7-8,11-12H2,1-6H3,(H,30,35)/b22-14-. The number of rotatable bonds is 10. The van der Waals surface area contributed by atoms with Crippen LogP contribution in [0.25, 0.3) is 11.6 Å². The van der Waals surface area contributed by atoms with Gasteiger partial charge in [0.05, 0.1) is 16.8 Å². The van der Waals surface area contributed by atoms with Crippen molar-refractivity contribution in [3.63, 3.8) is 0 Å². The van der Waals surface area contributed by atoms with Crippen molar-refractivity contribution in [2.45, 2.75) is 41.5 Å². The van der Waals surface area contributed by atoms with E-state index in [-0.39, 0.29) is 22.7 Å². The maximum absolute atomic E-state index is 14.2. The molecule has 0 bridgehead atoms. The Hall–Kier alpha value is -3.59. The summed E-state index contributed by atoms with van der Waals surface area (Å²) in [6.45, 7) is 13.9. The zero-order valence-electron chi connectivity index (χ0n) is 22.3. The molecule has 0 saturated carbocycles. The lowest BCUT2D eigenvalue weighted by Crippen LogP contribution is -2.39. The first kappa shape index (κ1) is 28.0. The third-order valence-electron chi connectivity index (χ3n) is 7.14. The van der Waals surface area contributed by atoms with Crippen LogP contribution in [-0.4, -0.2) is 60.1 Å². The van der Waals surface area contributed by atoms with E-state index in [4.69, 9.17) is 0 Å². The first-order valence-electron chi connectivity index (χ1n) is 12.6. The van der Waals surface area contributed by atoms with Gasteiger partial charge >= 0.3 is 0 Å². The molecule has 1 aromatic carbocycles. The van der Waals surface area contributed by atoms with E-state index >= 15 is 0 Å². The van der Waals surface area contributed by atoms with Gasteiger partial charge in [-0.15, -0.1) is 0 Å². The molecule has 0 radical (unpaired) electrons. The van der Waals surface area contributed by atoms with Crippen molar-refractivity contribution >= 4 is 41.3 Å². The predicted octanol–water partition coefficient (Wildman–Crippen LogP) is 3.73. The van der Waals surface area contributed by atoms with Gasteiger partial charge in [0, 0.05) is 41.9 Å². The summed E-state index contributed by atoms with van der Waals surface area (Å²) in [5, 5.41) is 2.95. The van der Waals surface area contributed by atoms with Crippen LogP contribution in [0.3, 0.4) is 0 Å². The second kappa shape index (κ2) is 11.6. The highest BCUT2D eigenvalue weighted by Crippen LogP contribution is 2.40. The minimum absolute atomic E-state index is 0.131. The Bertz CT molecular complexity index is 1250. The number of aryl methyl sites for hydroxylation is 1. The number of nitrogens with one attached hydrogen (secondary N) is 2. The van der Waals surface area contributed by atoms with Gasteiger partial charge in [0.15, 0.2) is 0 Å². The Morgan fingerprint density at radius 1 is 1.19 bits per heavy atom. The number of hydrogen-bond acceptors (Lipinski definition) is 5. The van der Waals surface area contributed by atoms with Gasteiger partial charge in [0.2, 0.25) is 5.91 Å². The van der Waals surface area contributed by atoms with Crippen molar-refractivity contribution < 1.29 is 23.6 Å². The van der Waals surface area contributed by atoms with Crippen molar-refractivity contribution in [2.75, 3.05) is 31.1 Å². The smallest absolute Gasteiger partial charge is 0.265 e. The molecule has 2 atom stereocenters. The number of benzene rings is 1. The van der Waals surface area contributed by atoms with Gasteiger partial charge in [-0.2, -0.15) is 0 Å². The Morgan fingerprint density at radius 2 is 1.86 bits per heavy atom. The van der Waals surface area contributed by atoms with Crippen LogP contribution in [0.5, 0.6) is 0 Å². The van der Waals surface area contributed by atoms with Gasteiger partial charge < -0.3 is 20.0 Å². The largest absolute Gasteiger partial charge is 0.358 e. The Kier molecular flexibility index (Phi) is 8.81. The molecular formula is C28H35FN4O4. The summed E-state index contributed by atoms with van der Waals surface area (Å²) in [5.41, 5.74) is 2.96. The summed E-state index contributed by atoms with van der Waals surface area (Å²) in [5.74, 6) is -3.23. The fourth-order valence-electron chi connectivity index (χ4n) is 4.53. The second-order valence-corrected chi connectivity index (χ2v) is 9.43. The average Bonchev–Trinajstić information content (AvgIpc) is 3.31. The number of aromatic amines is 1. The molecule has 8 nitrogen and oxygen atoms in total. The number of aldehydes is 1. The van der Waals surface area contributed by atoms with Gasteiger partial charge in [0.1, 0.15) is 12.1 Å². The molecule has 1 aromatic heterocycles. The lowest BCUT2D eigenvalue weighted by atomic mass is 9.96. The zero-order valence-corrected chi connectivity index (χ0v) is 22.3. The molecule has 2 N–H and O–H groups in total. The second-order valence-electron chi connectivity index (χ2n) is 9.43. The van der Waals surface area contributed by atoms with Crippen LogP contribution < -0.4 is 10.2 Å². The predicted molar refractivity (Wildman–Crippen MR) is 142 cm³/mol. The molecule has 9 heteroatoms. The fourth-order valence-corrected chi connectivity index (χ4v) is 4.53. The SMILES string of the molecule is CCN(CC)CCNC(=O)c1c(C)[nH]c(/C=C2\C(=O)N(C(=O)C(C)C(C)C=O)c3ccc(F)cc32)c1C. The van der Waals surface area contributed by atoms with Crippen molar-refractivity contribution in [3.8, 4) is 0 Å². The number of carbonyl (C=O) groups is 4. The minimum Gasteiger partial charge on any atom is -0.358 e. The van der Waals surface area contributed by atoms with Crippen LogP contribution in [-0.2, 0) is 14.4 Å². The van der Waals surface area contributed by atoms with Gasteiger partial charge in [-0.25, -0.2) is 9.29 Å². The summed E-state index contributed by atoms with van der Waals surface area (Å²) < 4.78 is 14.2. The number of H-pyrrole nitrogens is 1. The number of anilines is 1. The molecule has 0 aliphatic carbocycles. The van der Waals surface area contributed by atoms with Crippen LogP contribution in [0.2, 0.25) is 0 Å². The average molecular weight is 511 g/mol. The minimum atomic E-state index is -0.736. The Balaban J connectivity index is 1.96. The van der Waals surface area contributed by atoms with Crippen molar-refractivity contribution in [1.29, 1.82) is 0 Å². The molecule has 2 unspecified atom stereocenters. The molecule has 3 rings (SSSR count). The summed E-state index contributed by atoms with van der Waals surface area (Å²) in [6.07, 6.45) is 2.22. The molecular weight excluding hydrogens is 475 g/mol. The molecule has 198 valence electrons. The zero-order chi connectivity index (χ0) is 27.4. The number of nitrogens with zero attached hydrogens (tertiary/aromatic N) is 2. The molecule has 0 fully saturated rings. The van der Waals surface area contributed by atoms with Crippen LogP contribution in [0.4, 0.5) is 10.1 Å². The van der Waals surface area contributed by atoms with Crippen molar-refractivity contribution in [2.24, 2.45) is 11.8 Å². The number of carbonyl (C=O) groups excluding carboxylic acids is 4. The fraction of sp³-hybridized carbons (Fsp3) is 0.429. The third kappa shape index (κ3) is 5.56. The van der Waals surface area contributed by atoms with Gasteiger partial charge in [-0.1, -0.05) is 27.7 Å². The number of hydrogen-bond donors (Lipinski definition) is 2. The third-order valence-corrected chi connectivity index (χ3v) is 7.14. The maximum Gasteiger partial charge on any atom is 0.265 e. The van der Waals surface area contributed by atoms with E-state index in [9.17, 15) is 23.6 Å². The van der Waals surface area contributed by atoms with E-state index < -0.39 is 29.5 Å². The molecule has 1 aliphatic rings. The molecule has 37 heavy (non-hydrogen) atoms. The van der Waals surface area contributed by atoms with E-state index in [1.165, 1.54) is 18.2 Å². The van der Waals surface area contributed by atoms with Crippen LogP contribution in [0, 0.1) is 31.5 Å². The molecule has 1 aliphatic heterocycles. The molecule has 0 saturated heterocycles. The number of aromatic nitrogens is 1. The normalized spacial score (nSPS) is 15.7. The number of fused-ring (bicyclic) bond motifs is 1. The lowest BCUT2D eigenvalue weighted by molar-refractivity contribution is -0.129. The van der Waals surface area contributed by atoms with Gasteiger partial charge in [-0.05, 0) is 56.8 Å². The summed E-state index contributed by atoms with van der Waals surface area (Å²) in [4.78, 5) is 57.2. The maximum atomic E-state index is 14.2. The first-order chi connectivity index (χ1) is 17.5. The van der Waals surface area contributed by atoms with Crippen LogP contribution in [0.15, 0.2) is 18.2 Å². The Labute approximate surface area is 216 Å². The number of halogens is 1. The highest BCUT2D eigenvalue weighted by atomic mass is 19.1. The number of imide groups is 1. The van der Waals surface area contributed by atoms with Crippen LogP contribution in [0.1, 0.15) is 60.6 Å². The van der Waals surface area contributed by atoms with E-state index in [1.54, 1.807) is 33.8 Å². The van der Waals surface area contributed by atoms with E-state index in [1.807, 2.05) is 0 Å². The Morgan fingerprint density at radius 3 is 2.49 bits per heavy atom. The first-order valence-corrected chi connectivity index (χ1v) is 12.6. The van der Waals surface area contributed by atoms with Crippen molar-refractivity contribution in [1.82, 2.24) is 15.2 Å². The summed E-state index contributed by atoms with van der Waals surface area (Å²) in [6, 6.07) is 3.79. The monoisotopic (exact) mass is 510 g/mol. The lowest BCUT2D eigenvalue weighted by Gasteiger charge is -2.21. The number of amides is 3. The molecule has 2 aromatic rings. The van der Waals surface area contributed by atoms with Gasteiger partial charge in [-0.3, -0.25) is 14.4 Å². The van der Waals surface area contributed by atoms with E-state index in [0.717, 1.165) is 24.5 Å². The topological polar surface area (TPSA) is 103 Å².